The number of rotatable bonds is 6. The van der Waals surface area contributed by atoms with Crippen LogP contribution in [0.2, 0.25) is 0 Å². The van der Waals surface area contributed by atoms with Crippen LogP contribution in [0, 0.1) is 5.82 Å². The zero-order chi connectivity index (χ0) is 17.5. The summed E-state index contributed by atoms with van der Waals surface area (Å²) >= 11 is 0. The van der Waals surface area contributed by atoms with Crippen molar-refractivity contribution in [2.24, 2.45) is 0 Å². The normalized spacial score (nSPS) is 13.0. The van der Waals surface area contributed by atoms with Crippen molar-refractivity contribution in [3.63, 3.8) is 0 Å². The topological polar surface area (TPSA) is 55.4 Å². The minimum atomic E-state index is -0.955. The summed E-state index contributed by atoms with van der Waals surface area (Å²) in [6, 6.07) is 15.1. The molecular weight excluding hydrogens is 309 g/mol. The molecule has 1 N–H and O–H groups in total. The van der Waals surface area contributed by atoms with Gasteiger partial charge in [-0.05, 0) is 36.6 Å². The molecule has 0 saturated carbocycles. The van der Waals surface area contributed by atoms with Gasteiger partial charge in [0.1, 0.15) is 5.82 Å². The van der Waals surface area contributed by atoms with E-state index in [4.69, 9.17) is 4.74 Å². The Morgan fingerprint density at radius 3 is 2.46 bits per heavy atom. The van der Waals surface area contributed by atoms with E-state index < -0.39 is 23.8 Å². The summed E-state index contributed by atoms with van der Waals surface area (Å²) in [4.78, 5) is 24.0. The number of carbonyl (C=O) groups excluding carboxylic acids is 2. The lowest BCUT2D eigenvalue weighted by molar-refractivity contribution is -0.153. The van der Waals surface area contributed by atoms with Crippen molar-refractivity contribution in [1.29, 1.82) is 0 Å². The summed E-state index contributed by atoms with van der Waals surface area (Å²) in [5.74, 6) is -1.40. The molecule has 0 radical (unpaired) electrons. The van der Waals surface area contributed by atoms with E-state index in [1.54, 1.807) is 6.07 Å². The molecule has 0 aromatic heterocycles. The molecule has 0 aliphatic carbocycles. The summed E-state index contributed by atoms with van der Waals surface area (Å²) in [6.45, 7) is 3.41. The lowest BCUT2D eigenvalue weighted by Crippen LogP contribution is -2.30. The fourth-order valence-corrected chi connectivity index (χ4v) is 2.26. The first-order valence-corrected chi connectivity index (χ1v) is 7.76. The molecule has 0 fully saturated rings. The maximum Gasteiger partial charge on any atom is 0.307 e. The molecule has 126 valence electrons. The van der Waals surface area contributed by atoms with Crippen LogP contribution in [0.1, 0.15) is 31.7 Å². The minimum Gasteiger partial charge on any atom is -0.453 e. The number of amides is 1. The fraction of sp³-hybridized carbons (Fsp3) is 0.263. The van der Waals surface area contributed by atoms with Crippen LogP contribution in [0.15, 0.2) is 54.6 Å². The van der Waals surface area contributed by atoms with Crippen LogP contribution in [0.4, 0.5) is 10.1 Å². The molecule has 2 atom stereocenters. The molecule has 4 nitrogen and oxygen atoms in total. The van der Waals surface area contributed by atoms with Crippen molar-refractivity contribution in [3.8, 4) is 0 Å². The maximum atomic E-state index is 13.1. The van der Waals surface area contributed by atoms with E-state index in [1.807, 2.05) is 37.3 Å². The van der Waals surface area contributed by atoms with Gasteiger partial charge in [0.25, 0.3) is 5.91 Å². The Labute approximate surface area is 140 Å². The van der Waals surface area contributed by atoms with E-state index in [1.165, 1.54) is 25.1 Å². The van der Waals surface area contributed by atoms with Gasteiger partial charge in [0.15, 0.2) is 6.10 Å². The summed E-state index contributed by atoms with van der Waals surface area (Å²) in [5.41, 5.74) is 1.35. The van der Waals surface area contributed by atoms with Gasteiger partial charge in [-0.25, -0.2) is 4.39 Å². The largest absolute Gasteiger partial charge is 0.453 e. The van der Waals surface area contributed by atoms with Gasteiger partial charge in [0.05, 0.1) is 6.42 Å². The highest BCUT2D eigenvalue weighted by Gasteiger charge is 2.20. The van der Waals surface area contributed by atoms with Crippen molar-refractivity contribution < 1.29 is 18.7 Å². The SMILES string of the molecule is C[C@H](CC(=O)O[C@H](C)C(=O)Nc1cccc(F)c1)c1ccccc1. The third-order valence-electron chi connectivity index (χ3n) is 3.61. The molecule has 5 heteroatoms. The zero-order valence-corrected chi connectivity index (χ0v) is 13.7. The van der Waals surface area contributed by atoms with Crippen LogP contribution < -0.4 is 5.32 Å². The highest BCUT2D eigenvalue weighted by atomic mass is 19.1. The molecule has 0 saturated heterocycles. The van der Waals surface area contributed by atoms with E-state index in [0.29, 0.717) is 5.69 Å². The Kier molecular flexibility index (Phi) is 6.07. The Morgan fingerprint density at radius 2 is 1.79 bits per heavy atom. The van der Waals surface area contributed by atoms with Crippen LogP contribution in [0.25, 0.3) is 0 Å². The lowest BCUT2D eigenvalue weighted by atomic mass is 9.98. The third-order valence-corrected chi connectivity index (χ3v) is 3.61. The third kappa shape index (κ3) is 5.19. The van der Waals surface area contributed by atoms with Crippen LogP contribution in [-0.4, -0.2) is 18.0 Å². The molecule has 2 rings (SSSR count). The van der Waals surface area contributed by atoms with Gasteiger partial charge in [-0.15, -0.1) is 0 Å². The number of hydrogen-bond donors (Lipinski definition) is 1. The number of nitrogens with one attached hydrogen (secondary N) is 1. The van der Waals surface area contributed by atoms with Crippen molar-refractivity contribution in [1.82, 2.24) is 0 Å². The van der Waals surface area contributed by atoms with E-state index in [2.05, 4.69) is 5.32 Å². The number of ether oxygens (including phenoxy) is 1. The van der Waals surface area contributed by atoms with Crippen molar-refractivity contribution in [2.75, 3.05) is 5.32 Å². The Morgan fingerprint density at radius 1 is 1.08 bits per heavy atom. The van der Waals surface area contributed by atoms with E-state index in [-0.39, 0.29) is 12.3 Å². The van der Waals surface area contributed by atoms with Gasteiger partial charge in [0.2, 0.25) is 0 Å². The fourth-order valence-electron chi connectivity index (χ4n) is 2.26. The number of hydrogen-bond acceptors (Lipinski definition) is 3. The van der Waals surface area contributed by atoms with Gasteiger partial charge in [-0.2, -0.15) is 0 Å². The maximum absolute atomic E-state index is 13.1. The zero-order valence-electron chi connectivity index (χ0n) is 13.7. The van der Waals surface area contributed by atoms with Crippen molar-refractivity contribution >= 4 is 17.6 Å². The van der Waals surface area contributed by atoms with Gasteiger partial charge in [-0.3, -0.25) is 9.59 Å². The Bertz CT molecular complexity index is 703. The molecular formula is C19H20FNO3. The first-order chi connectivity index (χ1) is 11.5. The number of benzene rings is 2. The monoisotopic (exact) mass is 329 g/mol. The summed E-state index contributed by atoms with van der Waals surface area (Å²) in [5, 5.41) is 2.52. The molecule has 24 heavy (non-hydrogen) atoms. The van der Waals surface area contributed by atoms with E-state index >= 15 is 0 Å². The highest BCUT2D eigenvalue weighted by molar-refractivity contribution is 5.95. The number of carbonyl (C=O) groups is 2. The number of esters is 1. The van der Waals surface area contributed by atoms with Gasteiger partial charge in [0, 0.05) is 5.69 Å². The first-order valence-electron chi connectivity index (χ1n) is 7.76. The minimum absolute atomic E-state index is 0.00261. The molecule has 0 aliphatic heterocycles. The van der Waals surface area contributed by atoms with E-state index in [9.17, 15) is 14.0 Å². The Balaban J connectivity index is 1.85. The average molecular weight is 329 g/mol. The summed E-state index contributed by atoms with van der Waals surface area (Å²) in [7, 11) is 0. The van der Waals surface area contributed by atoms with Gasteiger partial charge >= 0.3 is 5.97 Å². The molecule has 1 amide bonds. The van der Waals surface area contributed by atoms with Crippen molar-refractivity contribution in [2.45, 2.75) is 32.3 Å². The average Bonchev–Trinajstić information content (AvgIpc) is 2.55. The lowest BCUT2D eigenvalue weighted by Gasteiger charge is -2.16. The second-order valence-corrected chi connectivity index (χ2v) is 5.65. The standard InChI is InChI=1S/C19H20FNO3/c1-13(15-7-4-3-5-8-15)11-18(22)24-14(2)19(23)21-17-10-6-9-16(20)12-17/h3-10,12-14H,11H2,1-2H3,(H,21,23)/t13-,14-/m1/s1. The quantitative estimate of drug-likeness (QED) is 0.818. The first kappa shape index (κ1) is 17.7. The molecule has 0 bridgehead atoms. The Hall–Kier alpha value is -2.69. The van der Waals surface area contributed by atoms with Crippen molar-refractivity contribution in [3.05, 3.63) is 66.0 Å². The smallest absolute Gasteiger partial charge is 0.307 e. The van der Waals surface area contributed by atoms with Crippen LogP contribution in [-0.2, 0) is 14.3 Å². The molecule has 0 unspecified atom stereocenters. The predicted octanol–water partition coefficient (Wildman–Crippen LogP) is 3.89. The summed E-state index contributed by atoms with van der Waals surface area (Å²) in [6.07, 6.45) is -0.773. The van der Waals surface area contributed by atoms with Crippen LogP contribution in [0.3, 0.4) is 0 Å². The molecule has 2 aromatic carbocycles. The van der Waals surface area contributed by atoms with Gasteiger partial charge in [-0.1, -0.05) is 43.3 Å². The number of halogens is 1. The van der Waals surface area contributed by atoms with Crippen LogP contribution >= 0.6 is 0 Å². The summed E-state index contributed by atoms with van der Waals surface area (Å²) < 4.78 is 18.3. The van der Waals surface area contributed by atoms with E-state index in [0.717, 1.165) is 5.56 Å². The predicted molar refractivity (Wildman–Crippen MR) is 90.1 cm³/mol. The second-order valence-electron chi connectivity index (χ2n) is 5.65. The highest BCUT2D eigenvalue weighted by Crippen LogP contribution is 2.19. The molecule has 2 aromatic rings. The molecule has 0 aliphatic rings. The molecule has 0 spiro atoms. The number of anilines is 1. The van der Waals surface area contributed by atoms with Gasteiger partial charge < -0.3 is 10.1 Å². The second kappa shape index (κ2) is 8.24. The molecule has 0 heterocycles. The van der Waals surface area contributed by atoms with Crippen LogP contribution in [0.5, 0.6) is 0 Å².